The highest BCUT2D eigenvalue weighted by molar-refractivity contribution is 7.21. The average Bonchev–Trinajstić information content (AvgIpc) is 3.47. The van der Waals surface area contributed by atoms with Gasteiger partial charge in [0.05, 0.1) is 16.9 Å². The van der Waals surface area contributed by atoms with Crippen LogP contribution in [0.25, 0.3) is 20.8 Å². The Morgan fingerprint density at radius 3 is 3.00 bits per heavy atom. The predicted octanol–water partition coefficient (Wildman–Crippen LogP) is 2.87. The molecule has 4 N–H and O–H groups in total. The van der Waals surface area contributed by atoms with Crippen molar-refractivity contribution >= 4 is 34.0 Å². The molecule has 1 atom stereocenters. The van der Waals surface area contributed by atoms with Gasteiger partial charge in [0.1, 0.15) is 10.8 Å². The minimum atomic E-state index is -1.02. The molecule has 2 aliphatic heterocycles. The summed E-state index contributed by atoms with van der Waals surface area (Å²) in [6.07, 6.45) is 6.68. The summed E-state index contributed by atoms with van der Waals surface area (Å²) in [6, 6.07) is 16.3. The Hall–Kier alpha value is -3.07. The topological polar surface area (TPSA) is 90.9 Å². The van der Waals surface area contributed by atoms with Crippen molar-refractivity contribution in [2.45, 2.75) is 12.2 Å². The van der Waals surface area contributed by atoms with Gasteiger partial charge in [-0.15, -0.1) is 11.3 Å². The minimum absolute atomic E-state index is 0.810. The van der Waals surface area contributed by atoms with Gasteiger partial charge in [0.2, 0.25) is 5.79 Å². The van der Waals surface area contributed by atoms with Crippen LogP contribution in [-0.2, 0) is 5.79 Å². The Kier molecular flexibility index (Phi) is 5.50. The highest BCUT2D eigenvalue weighted by Gasteiger charge is 2.29. The first kappa shape index (κ1) is 19.9. The van der Waals surface area contributed by atoms with E-state index in [2.05, 4.69) is 43.7 Å². The lowest BCUT2D eigenvalue weighted by Crippen LogP contribution is -2.52. The van der Waals surface area contributed by atoms with Gasteiger partial charge in [0.15, 0.2) is 0 Å². The molecule has 0 fully saturated rings. The normalized spacial score (nSPS) is 20.7. The third-order valence-corrected chi connectivity index (χ3v) is 6.49. The Bertz CT molecular complexity index is 1120. The molecule has 3 aromatic rings. The lowest BCUT2D eigenvalue weighted by atomic mass is 10.0. The number of nitrogens with zero attached hydrogens (tertiary/aromatic N) is 4. The van der Waals surface area contributed by atoms with Gasteiger partial charge in [0, 0.05) is 43.2 Å². The second-order valence-electron chi connectivity index (χ2n) is 7.68. The third-order valence-electron chi connectivity index (χ3n) is 5.41. The van der Waals surface area contributed by atoms with Crippen LogP contribution in [0, 0.1) is 0 Å². The number of rotatable bonds is 7. The number of aromatic nitrogens is 1. The molecule has 0 bridgehead atoms. The molecule has 0 spiro atoms. The van der Waals surface area contributed by atoms with Crippen molar-refractivity contribution in [1.82, 2.24) is 20.5 Å². The standard InChI is InChI=1S/C23H25N7S/c24-23(27-11-9-21(29-23)26-10-4-13-30-14-12-25-16-30)18-6-3-5-17(15-18)22-28-19-7-1-2-8-20(19)31-22/h1-3,5-9,11-12,15,26,29H,4,10,13-14,16,24H2. The largest absolute Gasteiger partial charge is 0.372 e. The molecule has 2 aromatic carbocycles. The van der Waals surface area contributed by atoms with Crippen molar-refractivity contribution in [3.05, 3.63) is 66.0 Å². The van der Waals surface area contributed by atoms with E-state index in [4.69, 9.17) is 10.7 Å². The fourth-order valence-corrected chi connectivity index (χ4v) is 4.70. The van der Waals surface area contributed by atoms with Crippen molar-refractivity contribution < 1.29 is 0 Å². The molecule has 1 unspecified atom stereocenters. The quantitative estimate of drug-likeness (QED) is 0.501. The second kappa shape index (κ2) is 8.58. The molecule has 5 rings (SSSR count). The SMILES string of the molecule is NC1(c2cccc(-c3nc4ccccc4s3)c2)N=CC=C(NCCCN2CC=NC2)N1. The van der Waals surface area contributed by atoms with Crippen LogP contribution in [0.3, 0.4) is 0 Å². The highest BCUT2D eigenvalue weighted by atomic mass is 32.1. The Morgan fingerprint density at radius 1 is 1.19 bits per heavy atom. The summed E-state index contributed by atoms with van der Waals surface area (Å²) in [5, 5.41) is 7.77. The summed E-state index contributed by atoms with van der Waals surface area (Å²) in [5.74, 6) is -0.146. The van der Waals surface area contributed by atoms with E-state index < -0.39 is 5.79 Å². The van der Waals surface area contributed by atoms with E-state index in [1.54, 1.807) is 17.6 Å². The number of hydrogen-bond donors (Lipinski definition) is 3. The maximum absolute atomic E-state index is 6.67. The number of fused-ring (bicyclic) bond motifs is 1. The number of para-hydroxylation sites is 1. The molecular formula is C23H25N7S. The van der Waals surface area contributed by atoms with Crippen LogP contribution < -0.4 is 16.4 Å². The van der Waals surface area contributed by atoms with Crippen molar-refractivity contribution in [2.75, 3.05) is 26.3 Å². The third kappa shape index (κ3) is 4.36. The monoisotopic (exact) mass is 431 g/mol. The Labute approximate surface area is 185 Å². The van der Waals surface area contributed by atoms with Crippen LogP contribution in [0.5, 0.6) is 0 Å². The maximum atomic E-state index is 6.67. The molecule has 0 radical (unpaired) electrons. The number of thiazole rings is 1. The van der Waals surface area contributed by atoms with E-state index in [1.807, 2.05) is 42.6 Å². The average molecular weight is 432 g/mol. The summed E-state index contributed by atoms with van der Waals surface area (Å²) in [4.78, 5) is 15.9. The maximum Gasteiger partial charge on any atom is 0.210 e. The Morgan fingerprint density at radius 2 is 2.13 bits per heavy atom. The molecule has 7 nitrogen and oxygen atoms in total. The minimum Gasteiger partial charge on any atom is -0.372 e. The summed E-state index contributed by atoms with van der Waals surface area (Å²) in [7, 11) is 0. The van der Waals surface area contributed by atoms with E-state index >= 15 is 0 Å². The lowest BCUT2D eigenvalue weighted by Gasteiger charge is -2.32. The lowest BCUT2D eigenvalue weighted by molar-refractivity contribution is 0.332. The van der Waals surface area contributed by atoms with Crippen molar-refractivity contribution in [2.24, 2.45) is 15.7 Å². The number of nitrogens with two attached hydrogens (primary N) is 1. The molecule has 158 valence electrons. The fourth-order valence-electron chi connectivity index (χ4n) is 3.74. The van der Waals surface area contributed by atoms with Gasteiger partial charge in [-0.1, -0.05) is 30.3 Å². The van der Waals surface area contributed by atoms with Gasteiger partial charge in [-0.25, -0.2) is 9.98 Å². The number of benzene rings is 2. The predicted molar refractivity (Wildman–Crippen MR) is 128 cm³/mol. The molecule has 8 heteroatoms. The van der Waals surface area contributed by atoms with Gasteiger partial charge in [-0.05, 0) is 30.7 Å². The second-order valence-corrected chi connectivity index (χ2v) is 8.71. The van der Waals surface area contributed by atoms with Gasteiger partial charge in [-0.2, -0.15) is 0 Å². The van der Waals surface area contributed by atoms with Gasteiger partial charge < -0.3 is 10.6 Å². The van der Waals surface area contributed by atoms with E-state index in [1.165, 1.54) is 4.70 Å². The molecule has 0 aliphatic carbocycles. The summed E-state index contributed by atoms with van der Waals surface area (Å²) in [5.41, 5.74) is 9.61. The first-order valence-corrected chi connectivity index (χ1v) is 11.2. The van der Waals surface area contributed by atoms with Gasteiger partial charge >= 0.3 is 0 Å². The summed E-state index contributed by atoms with van der Waals surface area (Å²) < 4.78 is 1.18. The van der Waals surface area contributed by atoms with E-state index in [0.29, 0.717) is 0 Å². The van der Waals surface area contributed by atoms with Crippen LogP contribution in [0.2, 0.25) is 0 Å². The zero-order valence-corrected chi connectivity index (χ0v) is 18.0. The summed E-state index contributed by atoms with van der Waals surface area (Å²) >= 11 is 1.68. The number of hydrogen-bond acceptors (Lipinski definition) is 8. The molecule has 1 aromatic heterocycles. The van der Waals surface area contributed by atoms with Crippen LogP contribution >= 0.6 is 11.3 Å². The molecule has 2 aliphatic rings. The molecule has 3 heterocycles. The highest BCUT2D eigenvalue weighted by Crippen LogP contribution is 2.32. The van der Waals surface area contributed by atoms with Crippen molar-refractivity contribution in [3.8, 4) is 10.6 Å². The smallest absolute Gasteiger partial charge is 0.210 e. The van der Waals surface area contributed by atoms with Crippen molar-refractivity contribution in [1.29, 1.82) is 0 Å². The summed E-state index contributed by atoms with van der Waals surface area (Å²) in [6.45, 7) is 3.63. The van der Waals surface area contributed by atoms with E-state index in [9.17, 15) is 0 Å². The van der Waals surface area contributed by atoms with E-state index in [0.717, 1.165) is 60.2 Å². The van der Waals surface area contributed by atoms with Crippen LogP contribution in [0.1, 0.15) is 12.0 Å². The molecule has 0 amide bonds. The first-order valence-electron chi connectivity index (χ1n) is 10.4. The van der Waals surface area contributed by atoms with Crippen LogP contribution in [-0.4, -0.2) is 48.6 Å². The van der Waals surface area contributed by atoms with Crippen LogP contribution in [0.15, 0.2) is 70.4 Å². The number of allylic oxidation sites excluding steroid dienone is 1. The zero-order chi connectivity index (χ0) is 21.1. The zero-order valence-electron chi connectivity index (χ0n) is 17.2. The van der Waals surface area contributed by atoms with Gasteiger partial charge in [-0.3, -0.25) is 15.6 Å². The molecule has 0 saturated carbocycles. The van der Waals surface area contributed by atoms with Crippen LogP contribution in [0.4, 0.5) is 0 Å². The fraction of sp³-hybridized carbons (Fsp3) is 0.261. The first-order chi connectivity index (χ1) is 15.2. The number of nitrogens with one attached hydrogen (secondary N) is 2. The van der Waals surface area contributed by atoms with Crippen molar-refractivity contribution in [3.63, 3.8) is 0 Å². The molecule has 31 heavy (non-hydrogen) atoms. The Balaban J connectivity index is 1.26. The molecule has 0 saturated heterocycles. The number of aliphatic imine (C=N–C) groups is 2. The molecular weight excluding hydrogens is 406 g/mol. The van der Waals surface area contributed by atoms with Gasteiger partial charge in [0.25, 0.3) is 0 Å². The van der Waals surface area contributed by atoms with E-state index in [-0.39, 0.29) is 0 Å².